The van der Waals surface area contributed by atoms with Crippen molar-refractivity contribution in [3.05, 3.63) is 6.92 Å². The van der Waals surface area contributed by atoms with E-state index in [2.05, 4.69) is 6.92 Å². The van der Waals surface area contributed by atoms with Crippen LogP contribution in [0, 0.1) is 6.92 Å². The van der Waals surface area contributed by atoms with Gasteiger partial charge in [0, 0.05) is 13.0 Å². The third-order valence-electron chi connectivity index (χ3n) is 0.637. The molecule has 1 amide bonds. The zero-order valence-corrected chi connectivity index (χ0v) is 4.72. The first kappa shape index (κ1) is 7.43. The van der Waals surface area contributed by atoms with Gasteiger partial charge < -0.3 is 10.5 Å². The third-order valence-corrected chi connectivity index (χ3v) is 0.637. The Labute approximate surface area is 48.8 Å². The largest absolute Gasteiger partial charge is 0.381 e. The van der Waals surface area contributed by atoms with Gasteiger partial charge in [-0.1, -0.05) is 0 Å². The Morgan fingerprint density at radius 1 is 1.75 bits per heavy atom. The number of primary amides is 1. The molecular formula is C5H10NO2. The number of amides is 1. The molecule has 0 spiro atoms. The molecule has 0 saturated heterocycles. The zero-order chi connectivity index (χ0) is 6.41. The highest BCUT2D eigenvalue weighted by Crippen LogP contribution is 1.77. The quantitative estimate of drug-likeness (QED) is 0.513. The standard InChI is InChI=1S/C5H10NO2/c1-2-8-4-3-5(6)7/h1-4H2,(H2,6,7). The summed E-state index contributed by atoms with van der Waals surface area (Å²) in [5.74, 6) is -0.335. The van der Waals surface area contributed by atoms with E-state index in [1.165, 1.54) is 0 Å². The highest BCUT2D eigenvalue weighted by atomic mass is 16.5. The van der Waals surface area contributed by atoms with Gasteiger partial charge in [-0.3, -0.25) is 4.79 Å². The van der Waals surface area contributed by atoms with Crippen LogP contribution in [0.15, 0.2) is 0 Å². The van der Waals surface area contributed by atoms with Gasteiger partial charge in [0.2, 0.25) is 5.91 Å². The summed E-state index contributed by atoms with van der Waals surface area (Å²) in [5.41, 5.74) is 4.79. The molecule has 0 fully saturated rings. The van der Waals surface area contributed by atoms with Gasteiger partial charge in [-0.2, -0.15) is 0 Å². The van der Waals surface area contributed by atoms with Crippen LogP contribution in [0.4, 0.5) is 0 Å². The Kier molecular flexibility index (Phi) is 4.26. The van der Waals surface area contributed by atoms with Crippen LogP contribution >= 0.6 is 0 Å². The monoisotopic (exact) mass is 116 g/mol. The molecule has 0 aromatic heterocycles. The zero-order valence-electron chi connectivity index (χ0n) is 4.72. The first-order valence-corrected chi connectivity index (χ1v) is 2.42. The predicted octanol–water partition coefficient (Wildman–Crippen LogP) is -0.288. The first-order chi connectivity index (χ1) is 3.77. The van der Waals surface area contributed by atoms with Gasteiger partial charge >= 0.3 is 0 Å². The van der Waals surface area contributed by atoms with E-state index >= 15 is 0 Å². The van der Waals surface area contributed by atoms with E-state index in [1.807, 2.05) is 0 Å². The summed E-state index contributed by atoms with van der Waals surface area (Å²) in [6.07, 6.45) is 0.287. The third kappa shape index (κ3) is 5.43. The number of nitrogens with two attached hydrogens (primary N) is 1. The molecule has 0 atom stereocenters. The lowest BCUT2D eigenvalue weighted by Crippen LogP contribution is -2.13. The van der Waals surface area contributed by atoms with E-state index in [1.54, 1.807) is 0 Å². The minimum absolute atomic E-state index is 0.287. The minimum Gasteiger partial charge on any atom is -0.381 e. The molecule has 0 rings (SSSR count). The Hall–Kier alpha value is -0.570. The van der Waals surface area contributed by atoms with Crippen LogP contribution in [0.1, 0.15) is 6.42 Å². The van der Waals surface area contributed by atoms with Crippen LogP contribution < -0.4 is 5.73 Å². The van der Waals surface area contributed by atoms with Gasteiger partial charge in [0.1, 0.15) is 0 Å². The molecule has 0 bridgehead atoms. The van der Waals surface area contributed by atoms with Crippen molar-refractivity contribution in [3.8, 4) is 0 Å². The maximum Gasteiger partial charge on any atom is 0.219 e. The van der Waals surface area contributed by atoms with Crippen molar-refractivity contribution in [2.45, 2.75) is 6.42 Å². The smallest absolute Gasteiger partial charge is 0.219 e. The average molecular weight is 116 g/mol. The summed E-state index contributed by atoms with van der Waals surface area (Å²) in [4.78, 5) is 10.00. The lowest BCUT2D eigenvalue weighted by atomic mass is 10.4. The molecule has 8 heavy (non-hydrogen) atoms. The molecule has 0 unspecified atom stereocenters. The van der Waals surface area contributed by atoms with Crippen molar-refractivity contribution in [1.82, 2.24) is 0 Å². The highest BCUT2D eigenvalue weighted by Gasteiger charge is 1.90. The Morgan fingerprint density at radius 3 is 2.75 bits per heavy atom. The summed E-state index contributed by atoms with van der Waals surface area (Å²) < 4.78 is 4.73. The van der Waals surface area contributed by atoms with E-state index in [-0.39, 0.29) is 12.3 Å². The van der Waals surface area contributed by atoms with Crippen molar-refractivity contribution in [1.29, 1.82) is 0 Å². The summed E-state index contributed by atoms with van der Waals surface area (Å²) in [6, 6.07) is 0. The molecule has 0 aliphatic heterocycles. The molecule has 1 radical (unpaired) electrons. The second-order valence-electron chi connectivity index (χ2n) is 1.33. The van der Waals surface area contributed by atoms with Crippen molar-refractivity contribution in [2.24, 2.45) is 5.73 Å². The molecule has 0 heterocycles. The van der Waals surface area contributed by atoms with Gasteiger partial charge in [-0.05, 0) is 6.92 Å². The molecular weight excluding hydrogens is 106 g/mol. The van der Waals surface area contributed by atoms with E-state index in [0.717, 1.165) is 0 Å². The van der Waals surface area contributed by atoms with Crippen molar-refractivity contribution in [3.63, 3.8) is 0 Å². The highest BCUT2D eigenvalue weighted by molar-refractivity contribution is 5.73. The topological polar surface area (TPSA) is 52.3 Å². The molecule has 0 aromatic rings. The van der Waals surface area contributed by atoms with Gasteiger partial charge in [-0.15, -0.1) is 0 Å². The second-order valence-corrected chi connectivity index (χ2v) is 1.33. The van der Waals surface area contributed by atoms with E-state index < -0.39 is 0 Å². The van der Waals surface area contributed by atoms with E-state index in [0.29, 0.717) is 13.2 Å². The maximum atomic E-state index is 10.00. The van der Waals surface area contributed by atoms with Gasteiger partial charge in [0.15, 0.2) is 0 Å². The van der Waals surface area contributed by atoms with Crippen LogP contribution in [0.3, 0.4) is 0 Å². The second kappa shape index (κ2) is 4.59. The first-order valence-electron chi connectivity index (χ1n) is 2.42. The number of ether oxygens (including phenoxy) is 1. The number of carbonyl (C=O) groups is 1. The maximum absolute atomic E-state index is 10.00. The normalized spacial score (nSPS) is 9.12. The Bertz CT molecular complexity index is 72.8. The molecule has 0 aliphatic rings. The number of hydrogen-bond donors (Lipinski definition) is 1. The van der Waals surface area contributed by atoms with Gasteiger partial charge in [-0.25, -0.2) is 0 Å². The average Bonchev–Trinajstić information content (AvgIpc) is 1.66. The molecule has 3 nitrogen and oxygen atoms in total. The number of hydrogen-bond acceptors (Lipinski definition) is 2. The molecule has 47 valence electrons. The number of rotatable bonds is 4. The fourth-order valence-electron chi connectivity index (χ4n) is 0.275. The lowest BCUT2D eigenvalue weighted by molar-refractivity contribution is -0.118. The summed E-state index contributed by atoms with van der Waals surface area (Å²) in [5, 5.41) is 0. The number of carbonyl (C=O) groups excluding carboxylic acids is 1. The summed E-state index contributed by atoms with van der Waals surface area (Å²) >= 11 is 0. The molecule has 0 saturated carbocycles. The fourth-order valence-corrected chi connectivity index (χ4v) is 0.275. The molecule has 0 aromatic carbocycles. The van der Waals surface area contributed by atoms with Crippen molar-refractivity contribution < 1.29 is 9.53 Å². The van der Waals surface area contributed by atoms with E-state index in [4.69, 9.17) is 10.5 Å². The van der Waals surface area contributed by atoms with Crippen molar-refractivity contribution >= 4 is 5.91 Å². The predicted molar refractivity (Wildman–Crippen MR) is 30.0 cm³/mol. The molecule has 2 N–H and O–H groups in total. The molecule has 3 heteroatoms. The van der Waals surface area contributed by atoms with Crippen LogP contribution in [0.5, 0.6) is 0 Å². The Balaban J connectivity index is 2.82. The molecule has 0 aliphatic carbocycles. The van der Waals surface area contributed by atoms with Gasteiger partial charge in [0.25, 0.3) is 0 Å². The Morgan fingerprint density at radius 2 is 2.38 bits per heavy atom. The summed E-state index contributed by atoms with van der Waals surface area (Å²) in [7, 11) is 0. The van der Waals surface area contributed by atoms with Crippen LogP contribution in [0.2, 0.25) is 0 Å². The fraction of sp³-hybridized carbons (Fsp3) is 0.600. The van der Waals surface area contributed by atoms with Crippen LogP contribution in [-0.4, -0.2) is 19.1 Å². The SMILES string of the molecule is [CH2]COCCC(N)=O. The van der Waals surface area contributed by atoms with Gasteiger partial charge in [0.05, 0.1) is 6.61 Å². The minimum atomic E-state index is -0.335. The van der Waals surface area contributed by atoms with Crippen LogP contribution in [0.25, 0.3) is 0 Å². The van der Waals surface area contributed by atoms with E-state index in [9.17, 15) is 4.79 Å². The summed E-state index contributed by atoms with van der Waals surface area (Å²) in [6.45, 7) is 4.19. The van der Waals surface area contributed by atoms with Crippen LogP contribution in [-0.2, 0) is 9.53 Å². The van der Waals surface area contributed by atoms with Crippen molar-refractivity contribution in [2.75, 3.05) is 13.2 Å². The lowest BCUT2D eigenvalue weighted by Gasteiger charge is -1.94.